The minimum Gasteiger partial charge on any atom is -0.490 e. The van der Waals surface area contributed by atoms with Crippen molar-refractivity contribution in [3.8, 4) is 11.5 Å². The second-order valence-corrected chi connectivity index (χ2v) is 6.85. The average Bonchev–Trinajstić information content (AvgIpc) is 2.82. The summed E-state index contributed by atoms with van der Waals surface area (Å²) >= 11 is 0. The topological polar surface area (TPSA) is 88.7 Å². The molecular formula is C25H27N3O4. The molecule has 166 valence electrons. The van der Waals surface area contributed by atoms with E-state index in [4.69, 9.17) is 9.47 Å². The zero-order valence-electron chi connectivity index (χ0n) is 18.0. The van der Waals surface area contributed by atoms with Gasteiger partial charge in [0.2, 0.25) is 5.91 Å². The lowest BCUT2D eigenvalue weighted by atomic mass is 10.2. The van der Waals surface area contributed by atoms with Crippen molar-refractivity contribution in [1.82, 2.24) is 5.32 Å². The fourth-order valence-corrected chi connectivity index (χ4v) is 2.93. The van der Waals surface area contributed by atoms with Gasteiger partial charge in [-0.1, -0.05) is 36.4 Å². The highest BCUT2D eigenvalue weighted by Gasteiger charge is 2.09. The molecular weight excluding hydrogens is 406 g/mol. The van der Waals surface area contributed by atoms with E-state index < -0.39 is 0 Å². The van der Waals surface area contributed by atoms with Crippen LogP contribution in [0.15, 0.2) is 78.9 Å². The summed E-state index contributed by atoms with van der Waals surface area (Å²) in [6, 6.07) is 23.8. The first-order valence-corrected chi connectivity index (χ1v) is 10.5. The minimum absolute atomic E-state index is 0.0459. The van der Waals surface area contributed by atoms with E-state index in [0.717, 1.165) is 5.75 Å². The Morgan fingerprint density at radius 1 is 0.844 bits per heavy atom. The Morgan fingerprint density at radius 2 is 1.59 bits per heavy atom. The minimum atomic E-state index is -0.231. The zero-order valence-corrected chi connectivity index (χ0v) is 18.0. The first kappa shape index (κ1) is 22.7. The third kappa shape index (κ3) is 7.05. The molecule has 3 aromatic carbocycles. The number of carbonyl (C=O) groups is 2. The van der Waals surface area contributed by atoms with E-state index in [0.29, 0.717) is 42.4 Å². The van der Waals surface area contributed by atoms with E-state index in [-0.39, 0.29) is 18.4 Å². The smallest absolute Gasteiger partial charge is 0.251 e. The molecule has 0 aliphatic carbocycles. The van der Waals surface area contributed by atoms with E-state index in [1.54, 1.807) is 36.4 Å². The Bertz CT molecular complexity index is 1020. The van der Waals surface area contributed by atoms with Gasteiger partial charge in [0.25, 0.3) is 5.91 Å². The molecule has 0 aliphatic rings. The van der Waals surface area contributed by atoms with Gasteiger partial charge in [-0.2, -0.15) is 0 Å². The van der Waals surface area contributed by atoms with Gasteiger partial charge in [0.05, 0.1) is 12.2 Å². The number of nitrogens with one attached hydrogen (secondary N) is 3. The van der Waals surface area contributed by atoms with Crippen molar-refractivity contribution in [3.63, 3.8) is 0 Å². The number of ether oxygens (including phenoxy) is 2. The number of amides is 2. The molecule has 3 aromatic rings. The van der Waals surface area contributed by atoms with Crippen molar-refractivity contribution in [3.05, 3.63) is 84.4 Å². The molecule has 0 aliphatic heterocycles. The molecule has 0 spiro atoms. The van der Waals surface area contributed by atoms with E-state index in [1.807, 2.05) is 49.4 Å². The Hall–Kier alpha value is -4.00. The van der Waals surface area contributed by atoms with Crippen LogP contribution in [0.1, 0.15) is 17.3 Å². The highest BCUT2D eigenvalue weighted by Crippen LogP contribution is 2.23. The van der Waals surface area contributed by atoms with Gasteiger partial charge in [0.15, 0.2) is 0 Å². The van der Waals surface area contributed by atoms with Crippen LogP contribution in [0.4, 0.5) is 11.4 Å². The summed E-state index contributed by atoms with van der Waals surface area (Å²) in [7, 11) is 0. The lowest BCUT2D eigenvalue weighted by molar-refractivity contribution is -0.114. The highest BCUT2D eigenvalue weighted by atomic mass is 16.5. The van der Waals surface area contributed by atoms with Crippen molar-refractivity contribution in [2.75, 3.05) is 36.9 Å². The first-order chi connectivity index (χ1) is 15.7. The van der Waals surface area contributed by atoms with Crippen LogP contribution >= 0.6 is 0 Å². The number of anilines is 2. The Balaban J connectivity index is 1.49. The summed E-state index contributed by atoms with van der Waals surface area (Å²) in [5, 5.41) is 8.64. The monoisotopic (exact) mass is 433 g/mol. The lowest BCUT2D eigenvalue weighted by Crippen LogP contribution is -2.24. The third-order valence-corrected chi connectivity index (χ3v) is 4.43. The molecule has 0 atom stereocenters. The summed E-state index contributed by atoms with van der Waals surface area (Å²) in [5.74, 6) is 0.962. The quantitative estimate of drug-likeness (QED) is 0.399. The molecule has 0 saturated heterocycles. The zero-order chi connectivity index (χ0) is 22.6. The molecule has 0 heterocycles. The number of benzene rings is 3. The Kier molecular flexibility index (Phi) is 8.50. The van der Waals surface area contributed by atoms with Gasteiger partial charge < -0.3 is 25.4 Å². The van der Waals surface area contributed by atoms with Gasteiger partial charge in [-0.25, -0.2) is 0 Å². The van der Waals surface area contributed by atoms with E-state index in [9.17, 15) is 9.59 Å². The van der Waals surface area contributed by atoms with Gasteiger partial charge in [0.1, 0.15) is 24.7 Å². The van der Waals surface area contributed by atoms with Crippen LogP contribution in [0.3, 0.4) is 0 Å². The summed E-state index contributed by atoms with van der Waals surface area (Å²) in [6.07, 6.45) is 0. The van der Waals surface area contributed by atoms with E-state index in [1.165, 1.54) is 0 Å². The molecule has 7 heteroatoms. The Labute approximate surface area is 187 Å². The highest BCUT2D eigenvalue weighted by molar-refractivity contribution is 5.96. The van der Waals surface area contributed by atoms with Crippen LogP contribution in [-0.2, 0) is 4.79 Å². The maximum absolute atomic E-state index is 12.4. The van der Waals surface area contributed by atoms with Gasteiger partial charge in [-0.05, 0) is 49.4 Å². The predicted molar refractivity (Wildman–Crippen MR) is 125 cm³/mol. The molecule has 0 saturated carbocycles. The second kappa shape index (κ2) is 12.0. The summed E-state index contributed by atoms with van der Waals surface area (Å²) in [6.45, 7) is 3.19. The molecule has 32 heavy (non-hydrogen) atoms. The molecule has 0 radical (unpaired) electrons. The Morgan fingerprint density at radius 3 is 2.41 bits per heavy atom. The molecule has 0 aromatic heterocycles. The van der Waals surface area contributed by atoms with Crippen LogP contribution in [0, 0.1) is 0 Å². The van der Waals surface area contributed by atoms with Crippen LogP contribution in [0.25, 0.3) is 0 Å². The van der Waals surface area contributed by atoms with Crippen LogP contribution in [0.2, 0.25) is 0 Å². The molecule has 7 nitrogen and oxygen atoms in total. The second-order valence-electron chi connectivity index (χ2n) is 6.85. The molecule has 3 rings (SSSR count). The van der Waals surface area contributed by atoms with E-state index >= 15 is 0 Å². The van der Waals surface area contributed by atoms with Crippen molar-refractivity contribution in [2.45, 2.75) is 6.92 Å². The van der Waals surface area contributed by atoms with Crippen LogP contribution in [-0.4, -0.2) is 38.1 Å². The molecule has 0 unspecified atom stereocenters. The van der Waals surface area contributed by atoms with Crippen molar-refractivity contribution < 1.29 is 19.1 Å². The maximum atomic E-state index is 12.4. The van der Waals surface area contributed by atoms with Gasteiger partial charge in [0, 0.05) is 17.8 Å². The number of carbonyl (C=O) groups excluding carboxylic acids is 2. The normalized spacial score (nSPS) is 10.2. The molecule has 0 bridgehead atoms. The number of hydrogen-bond acceptors (Lipinski definition) is 5. The summed E-state index contributed by atoms with van der Waals surface area (Å²) < 4.78 is 11.4. The average molecular weight is 434 g/mol. The maximum Gasteiger partial charge on any atom is 0.251 e. The first-order valence-electron chi connectivity index (χ1n) is 10.5. The van der Waals surface area contributed by atoms with Gasteiger partial charge in [-0.15, -0.1) is 0 Å². The molecule has 3 N–H and O–H groups in total. The fraction of sp³-hybridized carbons (Fsp3) is 0.200. The number of para-hydroxylation sites is 3. The standard InChI is InChI=1S/C25H27N3O4/c1-2-26-25(30)19-9-8-10-20(17-19)27-18-24(29)28-22-13-6-7-14-23(22)32-16-15-31-21-11-4-3-5-12-21/h3-14,17,27H,2,15-16,18H2,1H3,(H,26,30)(H,28,29). The van der Waals surface area contributed by atoms with Crippen molar-refractivity contribution in [1.29, 1.82) is 0 Å². The molecule has 2 amide bonds. The number of hydrogen-bond donors (Lipinski definition) is 3. The van der Waals surface area contributed by atoms with Crippen molar-refractivity contribution in [2.24, 2.45) is 0 Å². The molecule has 0 fully saturated rings. The van der Waals surface area contributed by atoms with Crippen molar-refractivity contribution >= 4 is 23.2 Å². The van der Waals surface area contributed by atoms with Gasteiger partial charge in [-0.3, -0.25) is 9.59 Å². The van der Waals surface area contributed by atoms with Gasteiger partial charge >= 0.3 is 0 Å². The number of rotatable bonds is 11. The van der Waals surface area contributed by atoms with E-state index in [2.05, 4.69) is 16.0 Å². The summed E-state index contributed by atoms with van der Waals surface area (Å²) in [5.41, 5.74) is 1.80. The summed E-state index contributed by atoms with van der Waals surface area (Å²) in [4.78, 5) is 24.4. The predicted octanol–water partition coefficient (Wildman–Crippen LogP) is 3.94. The van der Waals surface area contributed by atoms with Crippen LogP contribution in [0.5, 0.6) is 11.5 Å². The lowest BCUT2D eigenvalue weighted by Gasteiger charge is -2.14. The fourth-order valence-electron chi connectivity index (χ4n) is 2.93. The van der Waals surface area contributed by atoms with Crippen LogP contribution < -0.4 is 25.4 Å². The third-order valence-electron chi connectivity index (χ3n) is 4.43. The largest absolute Gasteiger partial charge is 0.490 e. The SMILES string of the molecule is CCNC(=O)c1cccc(NCC(=O)Nc2ccccc2OCCOc2ccccc2)c1.